The average molecular weight is 410 g/mol. The highest BCUT2D eigenvalue weighted by Crippen LogP contribution is 2.36. The molecule has 150 valence electrons. The Kier molecular flexibility index (Phi) is 5.58. The van der Waals surface area contributed by atoms with Gasteiger partial charge in [-0.25, -0.2) is 0 Å². The molecule has 2 aromatic carbocycles. The molecule has 2 fully saturated rings. The molecule has 3 amide bonds. The summed E-state index contributed by atoms with van der Waals surface area (Å²) >= 11 is 0.865. The van der Waals surface area contributed by atoms with E-state index >= 15 is 0 Å². The molecular weight excluding hydrogens is 388 g/mol. The summed E-state index contributed by atoms with van der Waals surface area (Å²) in [7, 11) is 1.57. The maximum atomic E-state index is 12.9. The van der Waals surface area contributed by atoms with E-state index in [0.29, 0.717) is 23.7 Å². The van der Waals surface area contributed by atoms with Gasteiger partial charge in [-0.1, -0.05) is 30.3 Å². The van der Waals surface area contributed by atoms with E-state index in [1.165, 1.54) is 0 Å². The second kappa shape index (κ2) is 8.29. The Hall–Kier alpha value is -2.80. The van der Waals surface area contributed by atoms with Crippen molar-refractivity contribution in [2.45, 2.75) is 19.3 Å². The van der Waals surface area contributed by atoms with E-state index < -0.39 is 11.1 Å². The number of hydrogen-bond acceptors (Lipinski definition) is 5. The van der Waals surface area contributed by atoms with Gasteiger partial charge in [0, 0.05) is 18.7 Å². The smallest absolute Gasteiger partial charge is 0.294 e. The largest absolute Gasteiger partial charge is 0.496 e. The summed E-state index contributed by atoms with van der Waals surface area (Å²) in [6, 6.07) is 11.6. The lowest BCUT2D eigenvalue weighted by Crippen LogP contribution is -2.44. The van der Waals surface area contributed by atoms with Crippen molar-refractivity contribution in [3.8, 4) is 5.75 Å². The zero-order chi connectivity index (χ0) is 20.4. The third-order valence-corrected chi connectivity index (χ3v) is 6.21. The minimum Gasteiger partial charge on any atom is -0.496 e. The Balaban J connectivity index is 1.61. The lowest BCUT2D eigenvalue weighted by atomic mass is 10.0. The molecule has 2 heterocycles. The van der Waals surface area contributed by atoms with E-state index in [9.17, 15) is 14.4 Å². The number of methoxy groups -OCH3 is 1. The van der Waals surface area contributed by atoms with E-state index in [-0.39, 0.29) is 12.5 Å². The van der Waals surface area contributed by atoms with Crippen molar-refractivity contribution in [2.75, 3.05) is 26.7 Å². The van der Waals surface area contributed by atoms with Gasteiger partial charge in [-0.15, -0.1) is 0 Å². The first-order chi connectivity index (χ1) is 14.1. The predicted molar refractivity (Wildman–Crippen MR) is 114 cm³/mol. The summed E-state index contributed by atoms with van der Waals surface area (Å²) < 4.78 is 5.47. The number of hydrogen-bond donors (Lipinski definition) is 0. The molecule has 2 aromatic rings. The van der Waals surface area contributed by atoms with E-state index in [2.05, 4.69) is 0 Å². The van der Waals surface area contributed by atoms with Crippen molar-refractivity contribution in [1.29, 1.82) is 0 Å². The van der Waals surface area contributed by atoms with Crippen LogP contribution in [0.2, 0.25) is 0 Å². The normalized spacial score (nSPS) is 18.7. The first kappa shape index (κ1) is 19.5. The number of carbonyl (C=O) groups excluding carboxylic acids is 3. The summed E-state index contributed by atoms with van der Waals surface area (Å²) in [5, 5.41) is 1.54. The molecule has 6 nitrogen and oxygen atoms in total. The topological polar surface area (TPSA) is 66.9 Å². The molecule has 29 heavy (non-hydrogen) atoms. The van der Waals surface area contributed by atoms with Crippen LogP contribution in [0.3, 0.4) is 0 Å². The number of nitrogens with zero attached hydrogens (tertiary/aromatic N) is 2. The van der Waals surface area contributed by atoms with Crippen LogP contribution in [0.5, 0.6) is 5.75 Å². The van der Waals surface area contributed by atoms with Crippen molar-refractivity contribution in [1.82, 2.24) is 9.80 Å². The number of carbonyl (C=O) groups is 3. The van der Waals surface area contributed by atoms with Crippen LogP contribution in [0.15, 0.2) is 41.3 Å². The molecule has 0 saturated carbocycles. The van der Waals surface area contributed by atoms with Crippen LogP contribution >= 0.6 is 11.8 Å². The van der Waals surface area contributed by atoms with Crippen LogP contribution in [-0.4, -0.2) is 53.6 Å². The fourth-order valence-corrected chi connectivity index (χ4v) is 4.57. The number of amides is 3. The van der Waals surface area contributed by atoms with Crippen molar-refractivity contribution < 1.29 is 19.1 Å². The number of piperidine rings is 1. The highest BCUT2D eigenvalue weighted by Gasteiger charge is 2.37. The Morgan fingerprint density at radius 2 is 1.86 bits per heavy atom. The number of fused-ring (bicyclic) bond motifs is 1. The maximum Gasteiger partial charge on any atom is 0.294 e. The first-order valence-electron chi connectivity index (χ1n) is 9.67. The number of rotatable bonds is 4. The monoisotopic (exact) mass is 410 g/mol. The zero-order valence-electron chi connectivity index (χ0n) is 16.2. The molecule has 7 heteroatoms. The summed E-state index contributed by atoms with van der Waals surface area (Å²) in [6.07, 6.45) is 4.74. The van der Waals surface area contributed by atoms with Gasteiger partial charge < -0.3 is 9.64 Å². The number of likely N-dealkylation sites (tertiary alicyclic amines) is 1. The highest BCUT2D eigenvalue weighted by atomic mass is 32.2. The second-order valence-electron chi connectivity index (χ2n) is 7.11. The number of benzene rings is 2. The molecule has 0 radical (unpaired) electrons. The van der Waals surface area contributed by atoms with Crippen LogP contribution in [0.1, 0.15) is 24.8 Å². The molecule has 0 aliphatic carbocycles. The number of imide groups is 1. The number of thioether (sulfide) groups is 1. The van der Waals surface area contributed by atoms with Crippen LogP contribution in [0.25, 0.3) is 16.8 Å². The van der Waals surface area contributed by atoms with Gasteiger partial charge in [-0.3, -0.25) is 19.3 Å². The number of ether oxygens (including phenoxy) is 1. The summed E-state index contributed by atoms with van der Waals surface area (Å²) in [5.41, 5.74) is 0.749. The Morgan fingerprint density at radius 1 is 1.10 bits per heavy atom. The van der Waals surface area contributed by atoms with Crippen LogP contribution in [0.4, 0.5) is 4.79 Å². The van der Waals surface area contributed by atoms with Gasteiger partial charge in [-0.05, 0) is 53.9 Å². The predicted octanol–water partition coefficient (Wildman–Crippen LogP) is 3.90. The molecule has 0 bridgehead atoms. The van der Waals surface area contributed by atoms with E-state index in [1.54, 1.807) is 18.1 Å². The molecule has 2 aliphatic heterocycles. The van der Waals surface area contributed by atoms with Crippen molar-refractivity contribution >= 4 is 45.7 Å². The van der Waals surface area contributed by atoms with E-state index in [4.69, 9.17) is 4.74 Å². The minimum atomic E-state index is -0.430. The molecule has 0 unspecified atom stereocenters. The maximum absolute atomic E-state index is 12.9. The van der Waals surface area contributed by atoms with Crippen LogP contribution in [0, 0.1) is 0 Å². The van der Waals surface area contributed by atoms with E-state index in [1.807, 2.05) is 36.4 Å². The summed E-state index contributed by atoms with van der Waals surface area (Å²) in [5.74, 6) is 0.0243. The van der Waals surface area contributed by atoms with Gasteiger partial charge in [0.1, 0.15) is 12.3 Å². The lowest BCUT2D eigenvalue weighted by Gasteiger charge is -2.27. The quantitative estimate of drug-likeness (QED) is 0.716. The molecule has 2 saturated heterocycles. The zero-order valence-corrected chi connectivity index (χ0v) is 17.0. The SMILES string of the molecule is COc1ccc2ccccc2c1/C=C1\SC(=O)N(CC(=O)N2CCCCC2)C1=O. The van der Waals surface area contributed by atoms with Crippen LogP contribution in [-0.2, 0) is 9.59 Å². The molecule has 0 atom stereocenters. The standard InChI is InChI=1S/C22H22N2O4S/c1-28-18-10-9-15-7-3-4-8-16(15)17(18)13-19-21(26)24(22(27)29-19)14-20(25)23-11-5-2-6-12-23/h3-4,7-10,13H,2,5-6,11-12,14H2,1H3/b19-13-. The molecule has 2 aliphatic rings. The van der Waals surface area contributed by atoms with Crippen molar-refractivity contribution in [3.63, 3.8) is 0 Å². The molecule has 0 N–H and O–H groups in total. The summed E-state index contributed by atoms with van der Waals surface area (Å²) in [6.45, 7) is 1.19. The lowest BCUT2D eigenvalue weighted by molar-refractivity contribution is -0.136. The highest BCUT2D eigenvalue weighted by molar-refractivity contribution is 8.18. The Labute approximate surface area is 173 Å². The molecule has 4 rings (SSSR count). The van der Waals surface area contributed by atoms with E-state index in [0.717, 1.165) is 52.3 Å². The van der Waals surface area contributed by atoms with Gasteiger partial charge in [0.15, 0.2) is 0 Å². The fourth-order valence-electron chi connectivity index (χ4n) is 3.75. The third-order valence-electron chi connectivity index (χ3n) is 5.30. The van der Waals surface area contributed by atoms with Gasteiger partial charge in [0.05, 0.1) is 12.0 Å². The van der Waals surface area contributed by atoms with Gasteiger partial charge in [0.25, 0.3) is 11.1 Å². The second-order valence-corrected chi connectivity index (χ2v) is 8.11. The molecular formula is C22H22N2O4S. The average Bonchev–Trinajstić information content (AvgIpc) is 3.02. The third kappa shape index (κ3) is 3.87. The van der Waals surface area contributed by atoms with Crippen molar-refractivity contribution in [3.05, 3.63) is 46.9 Å². The van der Waals surface area contributed by atoms with Crippen LogP contribution < -0.4 is 4.74 Å². The fraction of sp³-hybridized carbons (Fsp3) is 0.318. The van der Waals surface area contributed by atoms with Crippen molar-refractivity contribution in [2.24, 2.45) is 0 Å². The Bertz CT molecular complexity index is 1010. The minimum absolute atomic E-state index is 0.170. The molecule has 0 spiro atoms. The van der Waals surface area contributed by atoms with Gasteiger partial charge >= 0.3 is 0 Å². The Morgan fingerprint density at radius 3 is 2.62 bits per heavy atom. The molecule has 0 aromatic heterocycles. The summed E-state index contributed by atoms with van der Waals surface area (Å²) in [4.78, 5) is 40.9. The first-order valence-corrected chi connectivity index (χ1v) is 10.5. The van der Waals surface area contributed by atoms with Gasteiger partial charge in [0.2, 0.25) is 5.91 Å². The van der Waals surface area contributed by atoms with Gasteiger partial charge in [-0.2, -0.15) is 0 Å².